The molecule has 0 spiro atoms. The molecule has 1 rings (SSSR count). The summed E-state index contributed by atoms with van der Waals surface area (Å²) in [6.45, 7) is 4.45. The van der Waals surface area contributed by atoms with Crippen molar-refractivity contribution in [2.45, 2.75) is 25.7 Å². The van der Waals surface area contributed by atoms with E-state index in [9.17, 15) is 10.1 Å². The molecular weight excluding hydrogens is 268 g/mol. The van der Waals surface area contributed by atoms with Crippen molar-refractivity contribution >= 4 is 5.69 Å². The zero-order chi connectivity index (χ0) is 15.5. The highest BCUT2D eigenvalue weighted by molar-refractivity contribution is 5.32. The van der Waals surface area contributed by atoms with Crippen molar-refractivity contribution in [3.8, 4) is 0 Å². The third-order valence-electron chi connectivity index (χ3n) is 3.44. The monoisotopic (exact) mass is 294 g/mol. The summed E-state index contributed by atoms with van der Waals surface area (Å²) in [6, 6.07) is 6.80. The average Bonchev–Trinajstić information content (AvgIpc) is 2.50. The molecule has 0 amide bonds. The van der Waals surface area contributed by atoms with E-state index in [-0.39, 0.29) is 10.6 Å². The van der Waals surface area contributed by atoms with Gasteiger partial charge in [0.05, 0.1) is 4.92 Å². The fraction of sp³-hybridized carbons (Fsp3) is 0.600. The zero-order valence-corrected chi connectivity index (χ0v) is 12.5. The molecule has 0 saturated heterocycles. The highest BCUT2D eigenvalue weighted by Gasteiger charge is 2.06. The summed E-state index contributed by atoms with van der Waals surface area (Å²) >= 11 is 0. The smallest absolute Gasteiger partial charge is 0.269 e. The predicted molar refractivity (Wildman–Crippen MR) is 85.2 cm³/mol. The van der Waals surface area contributed by atoms with Crippen LogP contribution in [0.5, 0.6) is 0 Å². The van der Waals surface area contributed by atoms with Crippen LogP contribution in [-0.2, 0) is 6.42 Å². The molecule has 4 N–H and O–H groups in total. The number of nitrogens with zero attached hydrogens (tertiary/aromatic N) is 2. The molecule has 0 aliphatic carbocycles. The lowest BCUT2D eigenvalue weighted by atomic mass is 10.1. The van der Waals surface area contributed by atoms with E-state index < -0.39 is 0 Å². The molecular formula is C15H26N4O2. The minimum atomic E-state index is -0.370. The van der Waals surface area contributed by atoms with E-state index in [0.717, 1.165) is 50.9 Å². The number of benzene rings is 1. The van der Waals surface area contributed by atoms with Crippen molar-refractivity contribution in [2.24, 2.45) is 11.5 Å². The SMILES string of the molecule is NCCCN(CCCN)CCCc1ccc([N+](=O)[O-])cc1. The van der Waals surface area contributed by atoms with Crippen molar-refractivity contribution in [2.75, 3.05) is 32.7 Å². The van der Waals surface area contributed by atoms with Crippen LogP contribution in [0.1, 0.15) is 24.8 Å². The summed E-state index contributed by atoms with van der Waals surface area (Å²) in [5.74, 6) is 0. The number of nitro groups is 1. The Morgan fingerprint density at radius 1 is 0.952 bits per heavy atom. The number of nitrogens with two attached hydrogens (primary N) is 2. The molecule has 0 aliphatic rings. The van der Waals surface area contributed by atoms with Crippen LogP contribution in [0.3, 0.4) is 0 Å². The first-order valence-corrected chi connectivity index (χ1v) is 7.53. The number of nitro benzene ring substituents is 1. The second-order valence-electron chi connectivity index (χ2n) is 5.15. The van der Waals surface area contributed by atoms with E-state index in [1.807, 2.05) is 12.1 Å². The molecule has 0 radical (unpaired) electrons. The van der Waals surface area contributed by atoms with E-state index in [0.29, 0.717) is 13.1 Å². The first-order chi connectivity index (χ1) is 10.2. The Bertz CT molecular complexity index is 401. The molecule has 21 heavy (non-hydrogen) atoms. The Balaban J connectivity index is 2.36. The Morgan fingerprint density at radius 3 is 1.95 bits per heavy atom. The fourth-order valence-electron chi connectivity index (χ4n) is 2.26. The van der Waals surface area contributed by atoms with Gasteiger partial charge in [-0.2, -0.15) is 0 Å². The number of aryl methyl sites for hydroxylation is 1. The van der Waals surface area contributed by atoms with E-state index in [1.54, 1.807) is 12.1 Å². The first kappa shape index (κ1) is 17.6. The van der Waals surface area contributed by atoms with Gasteiger partial charge in [0.25, 0.3) is 5.69 Å². The van der Waals surface area contributed by atoms with Crippen molar-refractivity contribution in [1.29, 1.82) is 0 Å². The van der Waals surface area contributed by atoms with Gasteiger partial charge >= 0.3 is 0 Å². The number of rotatable bonds is 11. The molecule has 0 bridgehead atoms. The third kappa shape index (κ3) is 7.17. The van der Waals surface area contributed by atoms with Crippen LogP contribution in [0.25, 0.3) is 0 Å². The van der Waals surface area contributed by atoms with Crippen LogP contribution in [0.2, 0.25) is 0 Å². The van der Waals surface area contributed by atoms with Gasteiger partial charge in [-0.1, -0.05) is 12.1 Å². The molecule has 0 unspecified atom stereocenters. The fourth-order valence-corrected chi connectivity index (χ4v) is 2.26. The molecule has 0 heterocycles. The number of non-ortho nitro benzene ring substituents is 1. The van der Waals surface area contributed by atoms with Crippen molar-refractivity contribution < 1.29 is 4.92 Å². The van der Waals surface area contributed by atoms with Crippen LogP contribution < -0.4 is 11.5 Å². The van der Waals surface area contributed by atoms with Crippen molar-refractivity contribution in [3.63, 3.8) is 0 Å². The normalized spacial score (nSPS) is 11.0. The summed E-state index contributed by atoms with van der Waals surface area (Å²) < 4.78 is 0. The molecule has 118 valence electrons. The summed E-state index contributed by atoms with van der Waals surface area (Å²) in [7, 11) is 0. The Labute approximate surface area is 126 Å². The lowest BCUT2D eigenvalue weighted by Gasteiger charge is -2.21. The summed E-state index contributed by atoms with van der Waals surface area (Å²) in [5, 5.41) is 10.6. The van der Waals surface area contributed by atoms with Crippen molar-refractivity contribution in [1.82, 2.24) is 4.90 Å². The zero-order valence-electron chi connectivity index (χ0n) is 12.5. The molecule has 0 atom stereocenters. The van der Waals surface area contributed by atoms with Crippen LogP contribution in [-0.4, -0.2) is 42.5 Å². The van der Waals surface area contributed by atoms with E-state index >= 15 is 0 Å². The Hall–Kier alpha value is -1.50. The quantitative estimate of drug-likeness (QED) is 0.476. The van der Waals surface area contributed by atoms with E-state index in [1.165, 1.54) is 0 Å². The first-order valence-electron chi connectivity index (χ1n) is 7.53. The van der Waals surface area contributed by atoms with Gasteiger partial charge in [-0.3, -0.25) is 10.1 Å². The average molecular weight is 294 g/mol. The lowest BCUT2D eigenvalue weighted by Crippen LogP contribution is -2.30. The predicted octanol–water partition coefficient (Wildman–Crippen LogP) is 1.53. The number of hydrogen-bond acceptors (Lipinski definition) is 5. The van der Waals surface area contributed by atoms with E-state index in [4.69, 9.17) is 11.5 Å². The maximum Gasteiger partial charge on any atom is 0.269 e. The maximum atomic E-state index is 10.6. The molecule has 0 fully saturated rings. The Morgan fingerprint density at radius 2 is 1.48 bits per heavy atom. The molecule has 0 aromatic heterocycles. The van der Waals surface area contributed by atoms with Gasteiger partial charge in [0.1, 0.15) is 0 Å². The standard InChI is InChI=1S/C15H26N4O2/c16-9-2-12-18(13-3-10-17)11-1-4-14-5-7-15(8-6-14)19(20)21/h5-8H,1-4,9-13,16-17H2. The summed E-state index contributed by atoms with van der Waals surface area (Å²) in [5.41, 5.74) is 12.4. The molecule has 1 aromatic carbocycles. The summed E-state index contributed by atoms with van der Waals surface area (Å²) in [4.78, 5) is 12.6. The second-order valence-corrected chi connectivity index (χ2v) is 5.15. The lowest BCUT2D eigenvalue weighted by molar-refractivity contribution is -0.384. The van der Waals surface area contributed by atoms with Gasteiger partial charge in [0, 0.05) is 12.1 Å². The Kier molecular flexibility index (Phi) is 8.57. The minimum Gasteiger partial charge on any atom is -0.330 e. The van der Waals surface area contributed by atoms with Gasteiger partial charge in [0.2, 0.25) is 0 Å². The van der Waals surface area contributed by atoms with Crippen LogP contribution in [0.4, 0.5) is 5.69 Å². The van der Waals surface area contributed by atoms with Gasteiger partial charge in [-0.15, -0.1) is 0 Å². The summed E-state index contributed by atoms with van der Waals surface area (Å²) in [6.07, 6.45) is 3.97. The topological polar surface area (TPSA) is 98.4 Å². The third-order valence-corrected chi connectivity index (χ3v) is 3.44. The molecule has 0 aliphatic heterocycles. The van der Waals surface area contributed by atoms with Crippen molar-refractivity contribution in [3.05, 3.63) is 39.9 Å². The highest BCUT2D eigenvalue weighted by Crippen LogP contribution is 2.13. The molecule has 6 nitrogen and oxygen atoms in total. The van der Waals surface area contributed by atoms with Crippen LogP contribution in [0, 0.1) is 10.1 Å². The minimum absolute atomic E-state index is 0.145. The van der Waals surface area contributed by atoms with E-state index in [2.05, 4.69) is 4.90 Å². The molecule has 6 heteroatoms. The van der Waals surface area contributed by atoms with Gasteiger partial charge in [-0.05, 0) is 64.0 Å². The second kappa shape index (κ2) is 10.3. The van der Waals surface area contributed by atoms with Gasteiger partial charge in [-0.25, -0.2) is 0 Å². The number of hydrogen-bond donors (Lipinski definition) is 2. The van der Waals surface area contributed by atoms with Crippen LogP contribution >= 0.6 is 0 Å². The van der Waals surface area contributed by atoms with Gasteiger partial charge < -0.3 is 16.4 Å². The van der Waals surface area contributed by atoms with Crippen LogP contribution in [0.15, 0.2) is 24.3 Å². The molecule has 1 aromatic rings. The maximum absolute atomic E-state index is 10.6. The van der Waals surface area contributed by atoms with Gasteiger partial charge in [0.15, 0.2) is 0 Å². The largest absolute Gasteiger partial charge is 0.330 e. The molecule has 0 saturated carbocycles. The highest BCUT2D eigenvalue weighted by atomic mass is 16.6.